The lowest BCUT2D eigenvalue weighted by molar-refractivity contribution is 0.314. The number of hydrogen-bond acceptors (Lipinski definition) is 2. The van der Waals surface area contributed by atoms with Crippen LogP contribution in [-0.4, -0.2) is 43.6 Å². The molecule has 0 bridgehead atoms. The summed E-state index contributed by atoms with van der Waals surface area (Å²) in [7, 11) is 1.77. The molecule has 1 aromatic rings. The average Bonchev–Trinajstić information content (AvgIpc) is 3.27. The molecule has 1 aliphatic heterocycles. The van der Waals surface area contributed by atoms with Gasteiger partial charge in [-0.2, -0.15) is 0 Å². The number of nitrogens with zero attached hydrogens (tertiary/aromatic N) is 2. The highest BCUT2D eigenvalue weighted by atomic mass is 19.1. The van der Waals surface area contributed by atoms with Crippen molar-refractivity contribution in [1.29, 1.82) is 0 Å². The fourth-order valence-electron chi connectivity index (χ4n) is 3.09. The third-order valence-corrected chi connectivity index (χ3v) is 4.51. The van der Waals surface area contributed by atoms with E-state index in [1.807, 2.05) is 6.07 Å². The molecule has 0 amide bonds. The van der Waals surface area contributed by atoms with Gasteiger partial charge in [0.25, 0.3) is 0 Å². The quantitative estimate of drug-likeness (QED) is 0.645. The van der Waals surface area contributed by atoms with E-state index < -0.39 is 0 Å². The van der Waals surface area contributed by atoms with Gasteiger partial charge >= 0.3 is 0 Å². The maximum Gasteiger partial charge on any atom is 0.191 e. The SMILES string of the molecule is CN=C(NCc1cccc(F)c1)NCC1CCN(C2CC2)C1. The minimum atomic E-state index is -0.201. The van der Waals surface area contributed by atoms with Gasteiger partial charge in [-0.15, -0.1) is 0 Å². The first-order chi connectivity index (χ1) is 10.7. The molecule has 1 saturated heterocycles. The van der Waals surface area contributed by atoms with E-state index in [2.05, 4.69) is 20.5 Å². The Balaban J connectivity index is 1.40. The van der Waals surface area contributed by atoms with Crippen molar-refractivity contribution < 1.29 is 4.39 Å². The molecule has 1 atom stereocenters. The third kappa shape index (κ3) is 4.19. The van der Waals surface area contributed by atoms with Gasteiger partial charge in [-0.3, -0.25) is 4.99 Å². The van der Waals surface area contributed by atoms with Gasteiger partial charge in [0, 0.05) is 32.7 Å². The van der Waals surface area contributed by atoms with Gasteiger partial charge < -0.3 is 15.5 Å². The summed E-state index contributed by atoms with van der Waals surface area (Å²) in [5.74, 6) is 1.29. The first-order valence-electron chi connectivity index (χ1n) is 8.17. The zero-order valence-electron chi connectivity index (χ0n) is 13.2. The van der Waals surface area contributed by atoms with Crippen LogP contribution < -0.4 is 10.6 Å². The topological polar surface area (TPSA) is 39.7 Å². The average molecular weight is 304 g/mol. The predicted octanol–water partition coefficient (Wildman–Crippen LogP) is 1.97. The molecule has 1 unspecified atom stereocenters. The van der Waals surface area contributed by atoms with Gasteiger partial charge in [-0.25, -0.2) is 4.39 Å². The molecule has 0 radical (unpaired) electrons. The van der Waals surface area contributed by atoms with E-state index in [-0.39, 0.29) is 5.82 Å². The Morgan fingerprint density at radius 2 is 2.18 bits per heavy atom. The number of likely N-dealkylation sites (tertiary alicyclic amines) is 1. The van der Waals surface area contributed by atoms with Crippen LogP contribution in [0.5, 0.6) is 0 Å². The summed E-state index contributed by atoms with van der Waals surface area (Å²) >= 11 is 0. The second-order valence-electron chi connectivity index (χ2n) is 6.32. The molecule has 5 heteroatoms. The molecule has 1 aliphatic carbocycles. The maximum absolute atomic E-state index is 13.2. The predicted molar refractivity (Wildman–Crippen MR) is 87.3 cm³/mol. The maximum atomic E-state index is 13.2. The van der Waals surface area contributed by atoms with E-state index in [0.717, 1.165) is 24.1 Å². The summed E-state index contributed by atoms with van der Waals surface area (Å²) in [4.78, 5) is 6.86. The molecule has 4 nitrogen and oxygen atoms in total. The Morgan fingerprint density at radius 1 is 1.32 bits per heavy atom. The molecular weight excluding hydrogens is 279 g/mol. The normalized spacial score (nSPS) is 22.8. The smallest absolute Gasteiger partial charge is 0.191 e. The summed E-state index contributed by atoms with van der Waals surface area (Å²) in [6.45, 7) is 3.98. The van der Waals surface area contributed by atoms with Gasteiger partial charge in [0.05, 0.1) is 0 Å². The van der Waals surface area contributed by atoms with Crippen LogP contribution in [0.2, 0.25) is 0 Å². The Morgan fingerprint density at radius 3 is 2.91 bits per heavy atom. The molecule has 0 aromatic heterocycles. The first kappa shape index (κ1) is 15.3. The van der Waals surface area contributed by atoms with Crippen LogP contribution in [0.4, 0.5) is 4.39 Å². The number of hydrogen-bond donors (Lipinski definition) is 2. The highest BCUT2D eigenvalue weighted by molar-refractivity contribution is 5.79. The van der Waals surface area contributed by atoms with E-state index in [1.165, 1.54) is 38.4 Å². The fourth-order valence-corrected chi connectivity index (χ4v) is 3.09. The number of benzene rings is 1. The van der Waals surface area contributed by atoms with Crippen molar-refractivity contribution in [2.24, 2.45) is 10.9 Å². The summed E-state index contributed by atoms with van der Waals surface area (Å²) in [6, 6.07) is 7.52. The van der Waals surface area contributed by atoms with Crippen molar-refractivity contribution in [2.75, 3.05) is 26.7 Å². The van der Waals surface area contributed by atoms with E-state index in [1.54, 1.807) is 19.2 Å². The fraction of sp³-hybridized carbons (Fsp3) is 0.588. The summed E-state index contributed by atoms with van der Waals surface area (Å²) in [5.41, 5.74) is 0.920. The number of aliphatic imine (C=N–C) groups is 1. The Kier molecular flexibility index (Phi) is 4.93. The van der Waals surface area contributed by atoms with Crippen LogP contribution in [0.3, 0.4) is 0 Å². The molecule has 1 heterocycles. The van der Waals surface area contributed by atoms with Crippen molar-refractivity contribution in [1.82, 2.24) is 15.5 Å². The number of guanidine groups is 1. The van der Waals surface area contributed by atoms with Gasteiger partial charge in [-0.1, -0.05) is 12.1 Å². The first-order valence-corrected chi connectivity index (χ1v) is 8.17. The van der Waals surface area contributed by atoms with Gasteiger partial charge in [0.1, 0.15) is 5.82 Å². The molecule has 2 aliphatic rings. The lowest BCUT2D eigenvalue weighted by atomic mass is 10.1. The minimum Gasteiger partial charge on any atom is -0.356 e. The van der Waals surface area contributed by atoms with Crippen LogP contribution in [-0.2, 0) is 6.54 Å². The van der Waals surface area contributed by atoms with Gasteiger partial charge in [-0.05, 0) is 49.4 Å². The van der Waals surface area contributed by atoms with Crippen LogP contribution in [0.25, 0.3) is 0 Å². The molecule has 22 heavy (non-hydrogen) atoms. The molecular formula is C17H25FN4. The standard InChI is InChI=1S/C17H25FN4/c1-19-17(20-10-13-3-2-4-15(18)9-13)21-11-14-7-8-22(12-14)16-5-6-16/h2-4,9,14,16H,5-8,10-12H2,1H3,(H2,19,20,21). The van der Waals surface area contributed by atoms with Crippen molar-refractivity contribution >= 4 is 5.96 Å². The molecule has 120 valence electrons. The highest BCUT2D eigenvalue weighted by Crippen LogP contribution is 2.31. The van der Waals surface area contributed by atoms with Crippen molar-refractivity contribution in [3.8, 4) is 0 Å². The number of nitrogens with one attached hydrogen (secondary N) is 2. The van der Waals surface area contributed by atoms with Crippen LogP contribution in [0, 0.1) is 11.7 Å². The van der Waals surface area contributed by atoms with Crippen molar-refractivity contribution in [3.05, 3.63) is 35.6 Å². The van der Waals surface area contributed by atoms with E-state index in [9.17, 15) is 4.39 Å². The van der Waals surface area contributed by atoms with E-state index in [4.69, 9.17) is 0 Å². The zero-order chi connectivity index (χ0) is 15.4. The molecule has 0 spiro atoms. The zero-order valence-corrected chi connectivity index (χ0v) is 13.2. The van der Waals surface area contributed by atoms with Crippen molar-refractivity contribution in [2.45, 2.75) is 31.8 Å². The number of halogens is 1. The van der Waals surface area contributed by atoms with Crippen LogP contribution in [0.15, 0.2) is 29.3 Å². The molecule has 1 aromatic carbocycles. The lowest BCUT2D eigenvalue weighted by Crippen LogP contribution is -2.40. The third-order valence-electron chi connectivity index (χ3n) is 4.51. The number of rotatable bonds is 5. The van der Waals surface area contributed by atoms with E-state index in [0.29, 0.717) is 12.5 Å². The molecule has 1 saturated carbocycles. The largest absolute Gasteiger partial charge is 0.356 e. The van der Waals surface area contributed by atoms with E-state index >= 15 is 0 Å². The van der Waals surface area contributed by atoms with Gasteiger partial charge in [0.15, 0.2) is 5.96 Å². The minimum absolute atomic E-state index is 0.201. The second-order valence-corrected chi connectivity index (χ2v) is 6.32. The second kappa shape index (κ2) is 7.09. The summed E-state index contributed by atoms with van der Waals surface area (Å²) < 4.78 is 13.2. The Labute approximate surface area is 131 Å². The molecule has 3 rings (SSSR count). The monoisotopic (exact) mass is 304 g/mol. The summed E-state index contributed by atoms with van der Waals surface area (Å²) in [6.07, 6.45) is 4.04. The van der Waals surface area contributed by atoms with Crippen molar-refractivity contribution in [3.63, 3.8) is 0 Å². The van der Waals surface area contributed by atoms with Crippen LogP contribution >= 0.6 is 0 Å². The lowest BCUT2D eigenvalue weighted by Gasteiger charge is -2.17. The highest BCUT2D eigenvalue weighted by Gasteiger charge is 2.34. The summed E-state index contributed by atoms with van der Waals surface area (Å²) in [5, 5.41) is 6.64. The Bertz CT molecular complexity index is 527. The molecule has 2 fully saturated rings. The Hall–Kier alpha value is -1.62. The van der Waals surface area contributed by atoms with Crippen LogP contribution in [0.1, 0.15) is 24.8 Å². The molecule has 2 N–H and O–H groups in total. The van der Waals surface area contributed by atoms with Gasteiger partial charge in [0.2, 0.25) is 0 Å².